The highest BCUT2D eigenvalue weighted by molar-refractivity contribution is 6.31. The van der Waals surface area contributed by atoms with E-state index in [1.165, 1.54) is 0 Å². The Kier molecular flexibility index (Phi) is 3.84. The second kappa shape index (κ2) is 6.37. The van der Waals surface area contributed by atoms with E-state index in [1.807, 2.05) is 18.3 Å². The van der Waals surface area contributed by atoms with E-state index in [0.717, 1.165) is 58.8 Å². The molecule has 27 heavy (non-hydrogen) atoms. The van der Waals surface area contributed by atoms with Crippen molar-refractivity contribution in [2.45, 2.75) is 6.92 Å². The summed E-state index contributed by atoms with van der Waals surface area (Å²) >= 11 is 0. The predicted octanol–water partition coefficient (Wildman–Crippen LogP) is 1.92. The van der Waals surface area contributed by atoms with Crippen LogP contribution >= 0.6 is 0 Å². The number of hydrogen-bond donors (Lipinski definition) is 4. The number of carbonyl (C=O) groups is 1. The Morgan fingerprint density at radius 2 is 2.07 bits per heavy atom. The van der Waals surface area contributed by atoms with E-state index < -0.39 is 0 Å². The van der Waals surface area contributed by atoms with E-state index in [4.69, 9.17) is 4.74 Å². The van der Waals surface area contributed by atoms with Crippen molar-refractivity contribution in [3.63, 3.8) is 0 Å². The van der Waals surface area contributed by atoms with E-state index in [1.54, 1.807) is 0 Å². The van der Waals surface area contributed by atoms with Gasteiger partial charge in [0.2, 0.25) is 5.88 Å². The number of hydrogen-bond acceptors (Lipinski definition) is 6. The largest absolute Gasteiger partial charge is 0.474 e. The fraction of sp³-hybridized carbons (Fsp3) is 0.300. The standard InChI is InChI=1S/C20H21N5O2/c1-11-16(10-22-20-18(11)21-4-5-27-20)13-2-3-17-14(7-13)15(19(26)25-17)6-12-8-23-24-9-12/h2-3,6-7,10,12,21,23-24H,4-5,8-9H2,1H3,(H,25,26)/b15-6-. The molecule has 0 spiro atoms. The molecule has 7 nitrogen and oxygen atoms in total. The summed E-state index contributed by atoms with van der Waals surface area (Å²) in [5.41, 5.74) is 12.9. The Labute approximate surface area is 157 Å². The van der Waals surface area contributed by atoms with Crippen molar-refractivity contribution in [1.82, 2.24) is 15.8 Å². The van der Waals surface area contributed by atoms with Gasteiger partial charge >= 0.3 is 0 Å². The van der Waals surface area contributed by atoms with E-state index in [9.17, 15) is 4.79 Å². The fourth-order valence-electron chi connectivity index (χ4n) is 3.87. The van der Waals surface area contributed by atoms with Gasteiger partial charge in [0.1, 0.15) is 12.3 Å². The molecular formula is C20H21N5O2. The first-order chi connectivity index (χ1) is 13.2. The highest BCUT2D eigenvalue weighted by Gasteiger charge is 2.27. The molecule has 7 heteroatoms. The summed E-state index contributed by atoms with van der Waals surface area (Å²) in [6.45, 7) is 5.12. The van der Waals surface area contributed by atoms with Crippen LogP contribution in [0.3, 0.4) is 0 Å². The molecule has 1 saturated heterocycles. The molecule has 4 N–H and O–H groups in total. The van der Waals surface area contributed by atoms with Crippen LogP contribution in [0.15, 0.2) is 30.5 Å². The lowest BCUT2D eigenvalue weighted by Crippen LogP contribution is -2.21. The minimum Gasteiger partial charge on any atom is -0.474 e. The van der Waals surface area contributed by atoms with E-state index in [2.05, 4.69) is 45.5 Å². The molecule has 1 aromatic heterocycles. The Morgan fingerprint density at radius 3 is 2.93 bits per heavy atom. The summed E-state index contributed by atoms with van der Waals surface area (Å²) in [6.07, 6.45) is 3.91. The number of aromatic nitrogens is 1. The molecule has 0 aliphatic carbocycles. The number of fused-ring (bicyclic) bond motifs is 2. The molecule has 2 aromatic rings. The maximum Gasteiger partial charge on any atom is 0.256 e. The van der Waals surface area contributed by atoms with Crippen LogP contribution in [-0.4, -0.2) is 37.1 Å². The molecular weight excluding hydrogens is 342 g/mol. The second-order valence-electron chi connectivity index (χ2n) is 7.07. The maximum atomic E-state index is 12.5. The van der Waals surface area contributed by atoms with Crippen LogP contribution in [0, 0.1) is 12.8 Å². The van der Waals surface area contributed by atoms with Gasteiger partial charge in [-0.15, -0.1) is 0 Å². The van der Waals surface area contributed by atoms with Crippen LogP contribution in [0.2, 0.25) is 0 Å². The minimum atomic E-state index is -0.0376. The van der Waals surface area contributed by atoms with Crippen LogP contribution in [0.5, 0.6) is 5.88 Å². The van der Waals surface area contributed by atoms with Gasteiger partial charge in [0.15, 0.2) is 0 Å². The van der Waals surface area contributed by atoms with Crippen LogP contribution in [0.1, 0.15) is 11.1 Å². The molecule has 1 amide bonds. The summed E-state index contributed by atoms with van der Waals surface area (Å²) in [5, 5.41) is 6.35. The highest BCUT2D eigenvalue weighted by Crippen LogP contribution is 2.39. The molecule has 0 bridgehead atoms. The van der Waals surface area contributed by atoms with Gasteiger partial charge in [-0.05, 0) is 30.2 Å². The number of nitrogens with zero attached hydrogens (tertiary/aromatic N) is 1. The lowest BCUT2D eigenvalue weighted by molar-refractivity contribution is -0.110. The Balaban J connectivity index is 1.57. The molecule has 138 valence electrons. The molecule has 3 aliphatic heterocycles. The molecule has 0 radical (unpaired) electrons. The maximum absolute atomic E-state index is 12.5. The first kappa shape index (κ1) is 16.3. The average Bonchev–Trinajstić information content (AvgIpc) is 3.31. The highest BCUT2D eigenvalue weighted by atomic mass is 16.5. The molecule has 1 aromatic carbocycles. The minimum absolute atomic E-state index is 0.0376. The monoisotopic (exact) mass is 363 g/mol. The first-order valence-electron chi connectivity index (χ1n) is 9.20. The number of pyridine rings is 1. The van der Waals surface area contributed by atoms with Crippen LogP contribution in [0.25, 0.3) is 16.7 Å². The van der Waals surface area contributed by atoms with Gasteiger partial charge in [0.05, 0.1) is 0 Å². The zero-order valence-electron chi connectivity index (χ0n) is 15.1. The van der Waals surface area contributed by atoms with Crippen molar-refractivity contribution >= 4 is 22.9 Å². The lowest BCUT2D eigenvalue weighted by Gasteiger charge is -2.21. The van der Waals surface area contributed by atoms with Crippen LogP contribution in [-0.2, 0) is 4.79 Å². The third-order valence-electron chi connectivity index (χ3n) is 5.32. The zero-order chi connectivity index (χ0) is 18.4. The van der Waals surface area contributed by atoms with Crippen LogP contribution < -0.4 is 26.2 Å². The van der Waals surface area contributed by atoms with Crippen LogP contribution in [0.4, 0.5) is 11.4 Å². The third-order valence-corrected chi connectivity index (χ3v) is 5.32. The molecule has 5 rings (SSSR count). The van der Waals surface area contributed by atoms with Gasteiger partial charge in [-0.2, -0.15) is 0 Å². The van der Waals surface area contributed by atoms with E-state index >= 15 is 0 Å². The summed E-state index contributed by atoms with van der Waals surface area (Å²) < 4.78 is 5.63. The van der Waals surface area contributed by atoms with Gasteiger partial charge < -0.3 is 15.4 Å². The van der Waals surface area contributed by atoms with Gasteiger partial charge in [-0.1, -0.05) is 12.1 Å². The van der Waals surface area contributed by atoms with Crippen molar-refractivity contribution in [1.29, 1.82) is 0 Å². The Hall–Kier alpha value is -2.90. The van der Waals surface area contributed by atoms with Crippen molar-refractivity contribution in [3.05, 3.63) is 41.6 Å². The van der Waals surface area contributed by atoms with E-state index in [0.29, 0.717) is 18.4 Å². The van der Waals surface area contributed by atoms with Gasteiger partial charge in [0, 0.05) is 54.1 Å². The average molecular weight is 363 g/mol. The first-order valence-corrected chi connectivity index (χ1v) is 9.20. The number of nitrogens with one attached hydrogen (secondary N) is 4. The summed E-state index contributed by atoms with van der Waals surface area (Å²) in [5.74, 6) is 0.917. The molecule has 1 fully saturated rings. The van der Waals surface area contributed by atoms with Crippen molar-refractivity contribution < 1.29 is 9.53 Å². The van der Waals surface area contributed by atoms with Crippen molar-refractivity contribution in [3.8, 4) is 17.0 Å². The SMILES string of the molecule is Cc1c(-c2ccc3c(c2)/C(=C/C2CNNC2)C(=O)N3)cnc2c1NCCO2. The fourth-order valence-corrected chi connectivity index (χ4v) is 3.87. The van der Waals surface area contributed by atoms with Gasteiger partial charge in [-0.25, -0.2) is 4.98 Å². The number of amides is 1. The van der Waals surface area contributed by atoms with Crippen molar-refractivity contribution in [2.24, 2.45) is 5.92 Å². The Bertz CT molecular complexity index is 963. The van der Waals surface area contributed by atoms with Gasteiger partial charge in [0.25, 0.3) is 5.91 Å². The summed E-state index contributed by atoms with van der Waals surface area (Å²) in [4.78, 5) is 16.9. The third kappa shape index (κ3) is 2.75. The number of carbonyl (C=O) groups excluding carboxylic acids is 1. The number of hydrazine groups is 1. The molecule has 3 aliphatic rings. The number of benzene rings is 1. The normalized spacial score (nSPS) is 20.0. The van der Waals surface area contributed by atoms with E-state index in [-0.39, 0.29) is 5.91 Å². The summed E-state index contributed by atoms with van der Waals surface area (Å²) in [6, 6.07) is 6.08. The topological polar surface area (TPSA) is 87.3 Å². The number of anilines is 2. The summed E-state index contributed by atoms with van der Waals surface area (Å²) in [7, 11) is 0. The molecule has 0 saturated carbocycles. The number of ether oxygens (including phenoxy) is 1. The molecule has 0 atom stereocenters. The van der Waals surface area contributed by atoms with Crippen molar-refractivity contribution in [2.75, 3.05) is 36.9 Å². The zero-order valence-corrected chi connectivity index (χ0v) is 15.1. The molecule has 0 unspecified atom stereocenters. The lowest BCUT2D eigenvalue weighted by atomic mass is 9.95. The predicted molar refractivity (Wildman–Crippen MR) is 104 cm³/mol. The Morgan fingerprint density at radius 1 is 1.22 bits per heavy atom. The van der Waals surface area contributed by atoms with Gasteiger partial charge in [-0.3, -0.25) is 15.6 Å². The smallest absolute Gasteiger partial charge is 0.256 e. The number of rotatable bonds is 2. The molecule has 4 heterocycles. The quantitative estimate of drug-likeness (QED) is 0.610. The second-order valence-corrected chi connectivity index (χ2v) is 7.07.